The molecular weight excluding hydrogens is 378 g/mol. The van der Waals surface area contributed by atoms with E-state index in [0.717, 1.165) is 12.6 Å². The van der Waals surface area contributed by atoms with Crippen molar-refractivity contribution in [2.24, 2.45) is 5.92 Å². The van der Waals surface area contributed by atoms with Crippen molar-refractivity contribution in [2.75, 3.05) is 26.3 Å². The maximum atomic E-state index is 2.73. The van der Waals surface area contributed by atoms with Crippen molar-refractivity contribution in [3.63, 3.8) is 0 Å². The molecule has 4 aliphatic rings. The van der Waals surface area contributed by atoms with Crippen LogP contribution in [0.5, 0.6) is 0 Å². The lowest BCUT2D eigenvalue weighted by molar-refractivity contribution is -0.121. The Balaban J connectivity index is 1.51. The summed E-state index contributed by atoms with van der Waals surface area (Å²) in [6.45, 7) is 9.78. The van der Waals surface area contributed by atoms with Gasteiger partial charge in [-0.3, -0.25) is 9.80 Å². The topological polar surface area (TPSA) is 11.4 Å². The Hall–Kier alpha value is -2.62. The lowest BCUT2D eigenvalue weighted by atomic mass is 9.61. The van der Waals surface area contributed by atoms with Crippen molar-refractivity contribution in [1.29, 1.82) is 0 Å². The minimum Gasteiger partial charge on any atom is -0.309 e. The minimum absolute atomic E-state index is 0.258. The Kier molecular flexibility index (Phi) is 3.61. The smallest absolute Gasteiger partial charge is 0.0543 e. The number of hydrogen-bond acceptors (Lipinski definition) is 2. The summed E-state index contributed by atoms with van der Waals surface area (Å²) in [6.07, 6.45) is 1.34. The van der Waals surface area contributed by atoms with Gasteiger partial charge in [-0.05, 0) is 67.6 Å². The predicted molar refractivity (Wildman–Crippen MR) is 128 cm³/mol. The Bertz CT molecular complexity index is 1300. The van der Waals surface area contributed by atoms with E-state index in [2.05, 4.69) is 94.9 Å². The van der Waals surface area contributed by atoms with Crippen molar-refractivity contribution in [3.8, 4) is 5.69 Å². The molecule has 3 aromatic carbocycles. The third kappa shape index (κ3) is 2.36. The Morgan fingerprint density at radius 1 is 0.871 bits per heavy atom. The second kappa shape index (κ2) is 6.21. The summed E-state index contributed by atoms with van der Waals surface area (Å²) in [5, 5.41) is 2.76. The van der Waals surface area contributed by atoms with Gasteiger partial charge in [-0.2, -0.15) is 0 Å². The van der Waals surface area contributed by atoms with E-state index in [-0.39, 0.29) is 5.41 Å². The molecule has 5 heterocycles. The second-order valence-electron chi connectivity index (χ2n) is 10.2. The van der Waals surface area contributed by atoms with Crippen LogP contribution < -0.4 is 0 Å². The lowest BCUT2D eigenvalue weighted by Gasteiger charge is -2.63. The van der Waals surface area contributed by atoms with Crippen molar-refractivity contribution in [3.05, 3.63) is 77.9 Å². The van der Waals surface area contributed by atoms with E-state index in [1.807, 2.05) is 0 Å². The summed E-state index contributed by atoms with van der Waals surface area (Å²) in [4.78, 5) is 5.44. The van der Waals surface area contributed by atoms with Gasteiger partial charge >= 0.3 is 0 Å². The first kappa shape index (κ1) is 18.0. The van der Waals surface area contributed by atoms with Crippen molar-refractivity contribution in [2.45, 2.75) is 31.7 Å². The second-order valence-corrected chi connectivity index (χ2v) is 10.2. The standard InChI is InChI=1S/C28H29N3/c1-19-12-27-24(23-10-6-7-11-26(23)31(27)22-8-4-3-5-9-22)13-25(19)28-14-21-15-29(17-28)18-30(16-21)20(28)2/h3-13,20-21H,14-18H2,1-2H3/t20-,21?,28?/m1/s1. The molecule has 4 unspecified atom stereocenters. The monoisotopic (exact) mass is 407 g/mol. The third-order valence-corrected chi connectivity index (χ3v) is 8.47. The Morgan fingerprint density at radius 2 is 1.68 bits per heavy atom. The molecule has 5 atom stereocenters. The molecule has 4 saturated heterocycles. The fourth-order valence-electron chi connectivity index (χ4n) is 7.21. The third-order valence-electron chi connectivity index (χ3n) is 8.47. The fourth-order valence-corrected chi connectivity index (χ4v) is 7.21. The van der Waals surface area contributed by atoms with Crippen LogP contribution in [0.2, 0.25) is 0 Å². The van der Waals surface area contributed by atoms with Gasteiger partial charge in [0.1, 0.15) is 0 Å². The first-order valence-corrected chi connectivity index (χ1v) is 11.7. The maximum absolute atomic E-state index is 2.73. The van der Waals surface area contributed by atoms with Gasteiger partial charge < -0.3 is 4.57 Å². The number of piperidine rings is 2. The number of aromatic nitrogens is 1. The van der Waals surface area contributed by atoms with E-state index in [1.165, 1.54) is 59.1 Å². The van der Waals surface area contributed by atoms with Crippen LogP contribution in [0.3, 0.4) is 0 Å². The zero-order valence-corrected chi connectivity index (χ0v) is 18.4. The van der Waals surface area contributed by atoms with E-state index in [4.69, 9.17) is 0 Å². The fraction of sp³-hybridized carbons (Fsp3) is 0.357. The molecule has 0 amide bonds. The molecule has 0 spiro atoms. The van der Waals surface area contributed by atoms with Crippen molar-refractivity contribution >= 4 is 21.8 Å². The highest BCUT2D eigenvalue weighted by Crippen LogP contribution is 2.50. The van der Waals surface area contributed by atoms with E-state index < -0.39 is 0 Å². The highest BCUT2D eigenvalue weighted by atomic mass is 15.4. The maximum Gasteiger partial charge on any atom is 0.0543 e. The van der Waals surface area contributed by atoms with E-state index in [0.29, 0.717) is 6.04 Å². The molecule has 4 fully saturated rings. The quantitative estimate of drug-likeness (QED) is 0.445. The zero-order chi connectivity index (χ0) is 20.7. The highest BCUT2D eigenvalue weighted by Gasteiger charge is 2.55. The van der Waals surface area contributed by atoms with Crippen LogP contribution >= 0.6 is 0 Å². The van der Waals surface area contributed by atoms with Gasteiger partial charge in [0.05, 0.1) is 17.7 Å². The molecule has 0 N–H and O–H groups in total. The minimum atomic E-state index is 0.258. The number of benzene rings is 3. The van der Waals surface area contributed by atoms with E-state index in [9.17, 15) is 0 Å². The normalized spacial score (nSPS) is 31.7. The van der Waals surface area contributed by atoms with Gasteiger partial charge in [0.15, 0.2) is 0 Å². The molecule has 4 bridgehead atoms. The number of fused-ring (bicyclic) bond motifs is 3. The number of aryl methyl sites for hydroxylation is 1. The molecule has 3 nitrogen and oxygen atoms in total. The molecule has 4 aromatic rings. The SMILES string of the molecule is Cc1cc2c(cc1C13CC4CN(CN(C4)[C@@H]1C)C3)c1ccccc1n2-c1ccccc1. The molecule has 8 rings (SSSR count). The summed E-state index contributed by atoms with van der Waals surface area (Å²) in [6, 6.07) is 25.4. The van der Waals surface area contributed by atoms with Gasteiger partial charge in [0.2, 0.25) is 0 Å². The highest BCUT2D eigenvalue weighted by molar-refractivity contribution is 6.09. The molecule has 0 saturated carbocycles. The predicted octanol–water partition coefficient (Wildman–Crippen LogP) is 5.33. The van der Waals surface area contributed by atoms with E-state index >= 15 is 0 Å². The molecule has 0 radical (unpaired) electrons. The van der Waals surface area contributed by atoms with Crippen molar-refractivity contribution in [1.82, 2.24) is 14.4 Å². The summed E-state index contributed by atoms with van der Waals surface area (Å²) in [5.41, 5.74) is 7.15. The Labute approximate surface area is 183 Å². The van der Waals surface area contributed by atoms with Gasteiger partial charge in [0, 0.05) is 47.6 Å². The first-order valence-electron chi connectivity index (χ1n) is 11.7. The van der Waals surface area contributed by atoms with Crippen LogP contribution in [0.25, 0.3) is 27.5 Å². The van der Waals surface area contributed by atoms with Crippen LogP contribution in [-0.4, -0.2) is 46.7 Å². The molecular formula is C28H29N3. The number of hydrogen-bond donors (Lipinski definition) is 0. The summed E-state index contributed by atoms with van der Waals surface area (Å²) in [7, 11) is 0. The number of rotatable bonds is 2. The van der Waals surface area contributed by atoms with E-state index in [1.54, 1.807) is 5.56 Å². The van der Waals surface area contributed by atoms with Gasteiger partial charge in [-0.1, -0.05) is 36.4 Å². The number of nitrogens with zero attached hydrogens (tertiary/aromatic N) is 3. The summed E-state index contributed by atoms with van der Waals surface area (Å²) < 4.78 is 2.44. The number of para-hydroxylation sites is 2. The molecule has 31 heavy (non-hydrogen) atoms. The summed E-state index contributed by atoms with van der Waals surface area (Å²) >= 11 is 0. The summed E-state index contributed by atoms with van der Waals surface area (Å²) in [5.74, 6) is 0.819. The van der Waals surface area contributed by atoms with Crippen LogP contribution in [0.15, 0.2) is 66.7 Å². The molecule has 0 aliphatic carbocycles. The van der Waals surface area contributed by atoms with Gasteiger partial charge in [-0.15, -0.1) is 0 Å². The van der Waals surface area contributed by atoms with Crippen LogP contribution in [0.4, 0.5) is 0 Å². The van der Waals surface area contributed by atoms with Gasteiger partial charge in [0.25, 0.3) is 0 Å². The van der Waals surface area contributed by atoms with Crippen LogP contribution in [-0.2, 0) is 5.41 Å². The average molecular weight is 408 g/mol. The largest absolute Gasteiger partial charge is 0.309 e. The molecule has 156 valence electrons. The lowest BCUT2D eigenvalue weighted by Crippen LogP contribution is -2.72. The molecule has 3 heteroatoms. The van der Waals surface area contributed by atoms with Gasteiger partial charge in [-0.25, -0.2) is 0 Å². The first-order chi connectivity index (χ1) is 15.1. The average Bonchev–Trinajstić information content (AvgIpc) is 3.10. The zero-order valence-electron chi connectivity index (χ0n) is 18.4. The van der Waals surface area contributed by atoms with Crippen molar-refractivity contribution < 1.29 is 0 Å². The molecule has 1 aromatic heterocycles. The molecule has 4 aliphatic heterocycles. The van der Waals surface area contributed by atoms with Crippen LogP contribution in [0.1, 0.15) is 24.5 Å². The Morgan fingerprint density at radius 3 is 2.52 bits per heavy atom. The van der Waals surface area contributed by atoms with Crippen LogP contribution in [0, 0.1) is 12.8 Å².